The number of pyridine rings is 1. The van der Waals surface area contributed by atoms with Crippen LogP contribution in [0.15, 0.2) is 42.6 Å². The highest BCUT2D eigenvalue weighted by Crippen LogP contribution is 2.22. The Balaban J connectivity index is 1.73. The Hall–Kier alpha value is -3.35. The first-order valence-electron chi connectivity index (χ1n) is 7.48. The van der Waals surface area contributed by atoms with Gasteiger partial charge in [-0.1, -0.05) is 18.2 Å². The van der Waals surface area contributed by atoms with Crippen molar-refractivity contribution < 1.29 is 4.79 Å². The van der Waals surface area contributed by atoms with Crippen molar-refractivity contribution in [1.29, 1.82) is 0 Å². The molecular formula is C17H14N6O. The number of aromatic nitrogens is 5. The molecule has 0 bridgehead atoms. The van der Waals surface area contributed by atoms with Gasteiger partial charge in [0.15, 0.2) is 0 Å². The van der Waals surface area contributed by atoms with E-state index in [1.165, 1.54) is 0 Å². The third-order valence-electron chi connectivity index (χ3n) is 3.74. The van der Waals surface area contributed by atoms with Crippen LogP contribution in [0.4, 0.5) is 5.69 Å². The lowest BCUT2D eigenvalue weighted by molar-refractivity contribution is 0.101. The molecule has 1 amide bonds. The zero-order valence-corrected chi connectivity index (χ0v) is 13.2. The number of carbonyl (C=O) groups is 1. The van der Waals surface area contributed by atoms with Crippen molar-refractivity contribution in [3.63, 3.8) is 0 Å². The van der Waals surface area contributed by atoms with E-state index in [-0.39, 0.29) is 5.82 Å². The Morgan fingerprint density at radius 2 is 1.96 bits per heavy atom. The molecule has 3 heterocycles. The number of benzene rings is 1. The lowest BCUT2D eigenvalue weighted by Crippen LogP contribution is -2.14. The summed E-state index contributed by atoms with van der Waals surface area (Å²) in [5.41, 5.74) is 3.11. The number of hydrogen-bond donors (Lipinski definition) is 1. The van der Waals surface area contributed by atoms with Crippen molar-refractivity contribution >= 4 is 28.3 Å². The summed E-state index contributed by atoms with van der Waals surface area (Å²) < 4.78 is 1.54. The maximum Gasteiger partial charge on any atom is 0.295 e. The summed E-state index contributed by atoms with van der Waals surface area (Å²) in [6.07, 6.45) is 1.64. The van der Waals surface area contributed by atoms with Crippen molar-refractivity contribution in [3.05, 3.63) is 59.8 Å². The summed E-state index contributed by atoms with van der Waals surface area (Å²) in [7, 11) is 0. The highest BCUT2D eigenvalue weighted by molar-refractivity contribution is 6.06. The number of para-hydroxylation sites is 1. The monoisotopic (exact) mass is 318 g/mol. The molecule has 0 saturated carbocycles. The molecule has 118 valence electrons. The van der Waals surface area contributed by atoms with E-state index in [0.717, 1.165) is 22.3 Å². The second-order valence-corrected chi connectivity index (χ2v) is 5.52. The lowest BCUT2D eigenvalue weighted by Gasteiger charge is -2.07. The van der Waals surface area contributed by atoms with E-state index in [2.05, 4.69) is 25.4 Å². The van der Waals surface area contributed by atoms with E-state index in [1.807, 2.05) is 44.2 Å². The smallest absolute Gasteiger partial charge is 0.295 e. The maximum atomic E-state index is 12.5. The van der Waals surface area contributed by atoms with E-state index in [4.69, 9.17) is 0 Å². The lowest BCUT2D eigenvalue weighted by atomic mass is 10.1. The normalized spacial score (nSPS) is 11.1. The molecule has 1 N–H and O–H groups in total. The van der Waals surface area contributed by atoms with Gasteiger partial charge in [0.1, 0.15) is 0 Å². The molecule has 0 radical (unpaired) electrons. The summed E-state index contributed by atoms with van der Waals surface area (Å²) in [6, 6.07) is 11.4. The molecule has 4 aromatic rings. The van der Waals surface area contributed by atoms with E-state index in [1.54, 1.807) is 16.8 Å². The highest BCUT2D eigenvalue weighted by atomic mass is 16.2. The average Bonchev–Trinajstić information content (AvgIpc) is 3.01. The van der Waals surface area contributed by atoms with Gasteiger partial charge in [0.05, 0.1) is 11.2 Å². The Morgan fingerprint density at radius 3 is 2.79 bits per heavy atom. The molecule has 0 atom stereocenters. The fourth-order valence-corrected chi connectivity index (χ4v) is 2.53. The number of anilines is 1. The van der Waals surface area contributed by atoms with Crippen molar-refractivity contribution in [2.75, 3.05) is 5.32 Å². The first kappa shape index (κ1) is 14.3. The zero-order chi connectivity index (χ0) is 16.7. The fourth-order valence-electron chi connectivity index (χ4n) is 2.53. The summed E-state index contributed by atoms with van der Waals surface area (Å²) in [5.74, 6) is 0.0733. The summed E-state index contributed by atoms with van der Waals surface area (Å²) in [6.45, 7) is 3.79. The Bertz CT molecular complexity index is 1090. The molecule has 0 aliphatic rings. The molecule has 0 unspecified atom stereocenters. The van der Waals surface area contributed by atoms with E-state index in [0.29, 0.717) is 11.5 Å². The standard InChI is InChI=1S/C17H14N6O/c1-10-6-7-12-4-3-5-13(14(12)19-10)20-16(24)15-21-17-18-9-8-11(2)23(17)22-15/h3-9H,1-2H3,(H,20,24). The second-order valence-electron chi connectivity index (χ2n) is 5.52. The predicted octanol–water partition coefficient (Wildman–Crippen LogP) is 2.54. The van der Waals surface area contributed by atoms with Crippen LogP contribution in [0.2, 0.25) is 0 Å². The summed E-state index contributed by atoms with van der Waals surface area (Å²) in [5, 5.41) is 8.02. The van der Waals surface area contributed by atoms with Gasteiger partial charge in [-0.25, -0.2) is 9.50 Å². The number of hydrogen-bond acceptors (Lipinski definition) is 5. The Labute approximate surface area is 137 Å². The van der Waals surface area contributed by atoms with Crippen molar-refractivity contribution in [2.45, 2.75) is 13.8 Å². The van der Waals surface area contributed by atoms with Crippen LogP contribution in [-0.2, 0) is 0 Å². The first-order valence-corrected chi connectivity index (χ1v) is 7.48. The minimum atomic E-state index is -0.393. The zero-order valence-electron chi connectivity index (χ0n) is 13.2. The third-order valence-corrected chi connectivity index (χ3v) is 3.74. The van der Waals surface area contributed by atoms with Crippen LogP contribution in [-0.4, -0.2) is 30.5 Å². The number of nitrogens with one attached hydrogen (secondary N) is 1. The Kier molecular flexibility index (Phi) is 3.19. The van der Waals surface area contributed by atoms with Gasteiger partial charge < -0.3 is 5.32 Å². The molecule has 0 spiro atoms. The SMILES string of the molecule is Cc1ccc2cccc(NC(=O)c3nc4nccc(C)n4n3)c2n1. The van der Waals surface area contributed by atoms with Crippen LogP contribution in [0.1, 0.15) is 22.0 Å². The quantitative estimate of drug-likeness (QED) is 0.614. The molecule has 0 aliphatic carbocycles. The number of aryl methyl sites for hydroxylation is 2. The molecule has 0 aliphatic heterocycles. The largest absolute Gasteiger partial charge is 0.317 e. The molecule has 0 fully saturated rings. The van der Waals surface area contributed by atoms with Gasteiger partial charge in [0.25, 0.3) is 11.7 Å². The van der Waals surface area contributed by atoms with Crippen molar-refractivity contribution in [2.24, 2.45) is 0 Å². The van der Waals surface area contributed by atoms with Crippen LogP contribution >= 0.6 is 0 Å². The van der Waals surface area contributed by atoms with Crippen molar-refractivity contribution in [1.82, 2.24) is 24.6 Å². The number of rotatable bonds is 2. The van der Waals surface area contributed by atoms with Gasteiger partial charge in [-0.3, -0.25) is 9.78 Å². The van der Waals surface area contributed by atoms with Crippen LogP contribution < -0.4 is 5.32 Å². The maximum absolute atomic E-state index is 12.5. The highest BCUT2D eigenvalue weighted by Gasteiger charge is 2.16. The molecular weight excluding hydrogens is 304 g/mol. The molecule has 7 nitrogen and oxygen atoms in total. The third kappa shape index (κ3) is 2.36. The number of amides is 1. The van der Waals surface area contributed by atoms with E-state index >= 15 is 0 Å². The van der Waals surface area contributed by atoms with Gasteiger partial charge in [0.2, 0.25) is 5.82 Å². The van der Waals surface area contributed by atoms with Crippen LogP contribution in [0.25, 0.3) is 16.7 Å². The topological polar surface area (TPSA) is 85.1 Å². The first-order chi connectivity index (χ1) is 11.6. The van der Waals surface area contributed by atoms with Gasteiger partial charge in [-0.05, 0) is 32.0 Å². The van der Waals surface area contributed by atoms with Gasteiger partial charge in [-0.15, -0.1) is 5.10 Å². The number of carbonyl (C=O) groups excluding carboxylic acids is 1. The average molecular weight is 318 g/mol. The predicted molar refractivity (Wildman–Crippen MR) is 90.0 cm³/mol. The van der Waals surface area contributed by atoms with Gasteiger partial charge in [0, 0.05) is 23.0 Å². The van der Waals surface area contributed by atoms with E-state index in [9.17, 15) is 4.79 Å². The second kappa shape index (κ2) is 5.38. The molecule has 7 heteroatoms. The minimum absolute atomic E-state index is 0.0708. The summed E-state index contributed by atoms with van der Waals surface area (Å²) in [4.78, 5) is 25.3. The van der Waals surface area contributed by atoms with Crippen molar-refractivity contribution in [3.8, 4) is 0 Å². The summed E-state index contributed by atoms with van der Waals surface area (Å²) >= 11 is 0. The molecule has 0 saturated heterocycles. The Morgan fingerprint density at radius 1 is 1.08 bits per heavy atom. The molecule has 4 rings (SSSR count). The van der Waals surface area contributed by atoms with Crippen LogP contribution in [0.5, 0.6) is 0 Å². The van der Waals surface area contributed by atoms with Gasteiger partial charge >= 0.3 is 0 Å². The van der Waals surface area contributed by atoms with Gasteiger partial charge in [-0.2, -0.15) is 4.98 Å². The molecule has 1 aromatic carbocycles. The van der Waals surface area contributed by atoms with Crippen LogP contribution in [0, 0.1) is 13.8 Å². The molecule has 3 aromatic heterocycles. The number of nitrogens with zero attached hydrogens (tertiary/aromatic N) is 5. The number of fused-ring (bicyclic) bond motifs is 2. The molecule has 24 heavy (non-hydrogen) atoms. The van der Waals surface area contributed by atoms with E-state index < -0.39 is 5.91 Å². The van der Waals surface area contributed by atoms with Crippen LogP contribution in [0.3, 0.4) is 0 Å². The fraction of sp³-hybridized carbons (Fsp3) is 0.118. The minimum Gasteiger partial charge on any atom is -0.317 e.